The van der Waals surface area contributed by atoms with Crippen molar-refractivity contribution in [3.05, 3.63) is 32.2 Å². The summed E-state index contributed by atoms with van der Waals surface area (Å²) in [5.74, 6) is -0.866. The van der Waals surface area contributed by atoms with Crippen molar-refractivity contribution in [3.63, 3.8) is 0 Å². The first-order valence-electron chi connectivity index (χ1n) is 5.18. The highest BCUT2D eigenvalue weighted by Gasteiger charge is 2.31. The molecule has 0 atom stereocenters. The van der Waals surface area contributed by atoms with Gasteiger partial charge in [0, 0.05) is 0 Å². The summed E-state index contributed by atoms with van der Waals surface area (Å²) >= 11 is 23.7. The predicted molar refractivity (Wildman–Crippen MR) is 76.4 cm³/mol. The molecule has 0 aromatic heterocycles. The van der Waals surface area contributed by atoms with E-state index < -0.39 is 11.5 Å². The van der Waals surface area contributed by atoms with Crippen molar-refractivity contribution in [3.8, 4) is 34.5 Å². The van der Waals surface area contributed by atoms with Gasteiger partial charge < -0.3 is 19.7 Å². The molecule has 0 fully saturated rings. The van der Waals surface area contributed by atoms with E-state index in [4.69, 9.17) is 55.9 Å². The van der Waals surface area contributed by atoms with Crippen molar-refractivity contribution in [2.75, 3.05) is 0 Å². The van der Waals surface area contributed by atoms with E-state index in [1.165, 1.54) is 12.1 Å². The Bertz CT molecular complexity index is 745. The van der Waals surface area contributed by atoms with E-state index in [0.717, 1.165) is 0 Å². The molecular formula is C12H4Cl4O4. The van der Waals surface area contributed by atoms with E-state index in [1.54, 1.807) is 0 Å². The highest BCUT2D eigenvalue weighted by atomic mass is 35.5. The Kier molecular flexibility index (Phi) is 3.21. The number of phenolic OH excluding ortho intramolecular Hbond substituents is 2. The molecule has 1 aliphatic heterocycles. The van der Waals surface area contributed by atoms with Gasteiger partial charge in [-0.3, -0.25) is 0 Å². The lowest BCUT2D eigenvalue weighted by molar-refractivity contribution is 0.347. The SMILES string of the molecule is Oc1c(O)c(Cl)c2c(c1Cl)Oc1ccc(Cl)c(Cl)c1O2. The number of hydrogen-bond donors (Lipinski definition) is 2. The van der Waals surface area contributed by atoms with Crippen LogP contribution in [0.25, 0.3) is 0 Å². The van der Waals surface area contributed by atoms with Crippen molar-refractivity contribution in [1.29, 1.82) is 0 Å². The second-order valence-corrected chi connectivity index (χ2v) is 5.42. The minimum Gasteiger partial charge on any atom is -0.503 e. The first kappa shape index (κ1) is 13.8. The lowest BCUT2D eigenvalue weighted by Gasteiger charge is -2.24. The third kappa shape index (κ3) is 1.84. The van der Waals surface area contributed by atoms with Gasteiger partial charge in [0.05, 0.1) is 5.02 Å². The van der Waals surface area contributed by atoms with Gasteiger partial charge in [0.25, 0.3) is 0 Å². The van der Waals surface area contributed by atoms with Crippen LogP contribution in [-0.4, -0.2) is 10.2 Å². The monoisotopic (exact) mass is 352 g/mol. The van der Waals surface area contributed by atoms with E-state index in [-0.39, 0.29) is 43.1 Å². The van der Waals surface area contributed by atoms with E-state index in [0.29, 0.717) is 0 Å². The summed E-state index contributed by atoms with van der Waals surface area (Å²) in [5, 5.41) is 19.2. The minimum absolute atomic E-state index is 0.0159. The number of ether oxygens (including phenoxy) is 2. The summed E-state index contributed by atoms with van der Waals surface area (Å²) < 4.78 is 11.0. The van der Waals surface area contributed by atoms with Crippen LogP contribution in [0.15, 0.2) is 12.1 Å². The maximum atomic E-state index is 9.65. The summed E-state index contributed by atoms with van der Waals surface area (Å²) in [6.07, 6.45) is 0. The molecule has 104 valence electrons. The van der Waals surface area contributed by atoms with Gasteiger partial charge in [-0.2, -0.15) is 0 Å². The average molecular weight is 354 g/mol. The second-order valence-electron chi connectivity index (χ2n) is 3.88. The zero-order valence-corrected chi connectivity index (χ0v) is 12.4. The predicted octanol–water partition coefficient (Wildman–Crippen LogP) is 5.61. The summed E-state index contributed by atoms with van der Waals surface area (Å²) in [5.41, 5.74) is 0. The van der Waals surface area contributed by atoms with Crippen LogP contribution < -0.4 is 9.47 Å². The summed E-state index contributed by atoms with van der Waals surface area (Å²) in [6.45, 7) is 0. The van der Waals surface area contributed by atoms with Gasteiger partial charge in [-0.15, -0.1) is 0 Å². The molecule has 0 amide bonds. The molecule has 8 heteroatoms. The Morgan fingerprint density at radius 3 is 1.85 bits per heavy atom. The van der Waals surface area contributed by atoms with Gasteiger partial charge in [-0.25, -0.2) is 0 Å². The van der Waals surface area contributed by atoms with E-state index in [2.05, 4.69) is 0 Å². The van der Waals surface area contributed by atoms with Gasteiger partial charge in [0.2, 0.25) is 0 Å². The van der Waals surface area contributed by atoms with Crippen LogP contribution in [0.2, 0.25) is 20.1 Å². The number of rotatable bonds is 0. The number of phenols is 2. The average Bonchev–Trinajstić information content (AvgIpc) is 2.45. The maximum absolute atomic E-state index is 9.65. The molecule has 4 nitrogen and oxygen atoms in total. The topological polar surface area (TPSA) is 58.9 Å². The zero-order valence-electron chi connectivity index (χ0n) is 9.38. The molecule has 20 heavy (non-hydrogen) atoms. The lowest BCUT2D eigenvalue weighted by Crippen LogP contribution is -2.01. The third-order valence-electron chi connectivity index (χ3n) is 2.68. The van der Waals surface area contributed by atoms with Crippen molar-refractivity contribution in [2.45, 2.75) is 0 Å². The summed E-state index contributed by atoms with van der Waals surface area (Å²) in [7, 11) is 0. The molecule has 3 rings (SSSR count). The molecular weight excluding hydrogens is 350 g/mol. The number of halogens is 4. The first-order chi connectivity index (χ1) is 9.41. The van der Waals surface area contributed by atoms with E-state index >= 15 is 0 Å². The lowest BCUT2D eigenvalue weighted by atomic mass is 10.2. The fourth-order valence-corrected chi connectivity index (χ4v) is 2.48. The highest BCUT2D eigenvalue weighted by Crippen LogP contribution is 2.59. The molecule has 0 saturated carbocycles. The van der Waals surface area contributed by atoms with Crippen molar-refractivity contribution in [1.82, 2.24) is 0 Å². The van der Waals surface area contributed by atoms with Gasteiger partial charge in [0.15, 0.2) is 34.5 Å². The Morgan fingerprint density at radius 1 is 0.700 bits per heavy atom. The van der Waals surface area contributed by atoms with Crippen LogP contribution in [-0.2, 0) is 0 Å². The Balaban J connectivity index is 2.26. The molecule has 0 spiro atoms. The van der Waals surface area contributed by atoms with Crippen LogP contribution in [0.1, 0.15) is 0 Å². The van der Waals surface area contributed by atoms with Gasteiger partial charge in [-0.1, -0.05) is 46.4 Å². The standard InChI is InChI=1S/C12H4Cl4O4/c13-3-1-2-4-10(5(3)14)20-12-7(16)9(18)8(17)6(15)11(12)19-4/h1-2,17-18H. The summed E-state index contributed by atoms with van der Waals surface area (Å²) in [6, 6.07) is 3.05. The molecule has 0 saturated heterocycles. The largest absolute Gasteiger partial charge is 0.503 e. The number of hydrogen-bond acceptors (Lipinski definition) is 4. The third-order valence-corrected chi connectivity index (χ3v) is 4.16. The smallest absolute Gasteiger partial charge is 0.194 e. The molecule has 2 aromatic rings. The van der Waals surface area contributed by atoms with Crippen LogP contribution in [0, 0.1) is 0 Å². The molecule has 0 radical (unpaired) electrons. The molecule has 1 aliphatic rings. The van der Waals surface area contributed by atoms with Gasteiger partial charge >= 0.3 is 0 Å². The molecule has 1 heterocycles. The van der Waals surface area contributed by atoms with Crippen LogP contribution in [0.3, 0.4) is 0 Å². The Hall–Kier alpha value is -1.20. The number of fused-ring (bicyclic) bond motifs is 2. The van der Waals surface area contributed by atoms with E-state index in [9.17, 15) is 10.2 Å². The van der Waals surface area contributed by atoms with Crippen LogP contribution >= 0.6 is 46.4 Å². The molecule has 0 bridgehead atoms. The fraction of sp³-hybridized carbons (Fsp3) is 0. The first-order valence-corrected chi connectivity index (χ1v) is 6.69. The molecule has 2 N–H and O–H groups in total. The van der Waals surface area contributed by atoms with Crippen molar-refractivity contribution in [2.24, 2.45) is 0 Å². The minimum atomic E-state index is -0.611. The van der Waals surface area contributed by atoms with Crippen LogP contribution in [0.4, 0.5) is 0 Å². The van der Waals surface area contributed by atoms with Crippen LogP contribution in [0.5, 0.6) is 34.5 Å². The fourth-order valence-electron chi connectivity index (χ4n) is 1.71. The highest BCUT2D eigenvalue weighted by molar-refractivity contribution is 6.43. The molecule has 2 aromatic carbocycles. The normalized spacial score (nSPS) is 12.2. The van der Waals surface area contributed by atoms with Gasteiger partial charge in [0.1, 0.15) is 15.1 Å². The van der Waals surface area contributed by atoms with Crippen molar-refractivity contribution < 1.29 is 19.7 Å². The Morgan fingerprint density at radius 2 is 1.25 bits per heavy atom. The Labute approximate surface area is 133 Å². The molecule has 0 unspecified atom stereocenters. The molecule has 0 aliphatic carbocycles. The van der Waals surface area contributed by atoms with E-state index in [1.807, 2.05) is 0 Å². The number of benzene rings is 2. The summed E-state index contributed by atoms with van der Waals surface area (Å²) in [4.78, 5) is 0. The second kappa shape index (κ2) is 4.67. The van der Waals surface area contributed by atoms with Crippen molar-refractivity contribution >= 4 is 46.4 Å². The quantitative estimate of drug-likeness (QED) is 0.516. The maximum Gasteiger partial charge on any atom is 0.194 e. The number of aromatic hydroxyl groups is 2. The zero-order chi connectivity index (χ0) is 14.6. The van der Waals surface area contributed by atoms with Gasteiger partial charge in [-0.05, 0) is 12.1 Å².